The summed E-state index contributed by atoms with van der Waals surface area (Å²) in [5, 5.41) is 9.83. The summed E-state index contributed by atoms with van der Waals surface area (Å²) in [6, 6.07) is 14.6. The lowest BCUT2D eigenvalue weighted by molar-refractivity contribution is -0.148. The predicted octanol–water partition coefficient (Wildman–Crippen LogP) is 4.02. The Morgan fingerprint density at radius 2 is 1.71 bits per heavy atom. The van der Waals surface area contributed by atoms with Crippen molar-refractivity contribution < 1.29 is 23.1 Å². The monoisotopic (exact) mass is 443 g/mol. The molecule has 0 radical (unpaired) electrons. The largest absolute Gasteiger partial charge is 0.497 e. The lowest BCUT2D eigenvalue weighted by Crippen LogP contribution is -2.44. The summed E-state index contributed by atoms with van der Waals surface area (Å²) in [5.41, 5.74) is 1.23. The van der Waals surface area contributed by atoms with E-state index >= 15 is 0 Å². The van der Waals surface area contributed by atoms with Crippen LogP contribution in [0.5, 0.6) is 5.75 Å². The fourth-order valence-electron chi connectivity index (χ4n) is 5.21. The van der Waals surface area contributed by atoms with Gasteiger partial charge in [-0.05, 0) is 73.9 Å². The summed E-state index contributed by atoms with van der Waals surface area (Å²) in [6.07, 6.45) is 2.11. The number of carboxylic acid groups (broad SMARTS) is 1. The van der Waals surface area contributed by atoms with Gasteiger partial charge in [0.1, 0.15) is 5.75 Å². The zero-order chi connectivity index (χ0) is 22.4. The first kappa shape index (κ1) is 21.8. The van der Waals surface area contributed by atoms with Crippen molar-refractivity contribution in [3.8, 4) is 5.75 Å². The van der Waals surface area contributed by atoms with E-state index in [9.17, 15) is 18.3 Å². The minimum atomic E-state index is -3.58. The number of methoxy groups -OCH3 is 1. The molecule has 0 amide bonds. The molecule has 1 aliphatic carbocycles. The zero-order valence-corrected chi connectivity index (χ0v) is 19.0. The molecule has 0 saturated carbocycles. The maximum Gasteiger partial charge on any atom is 0.309 e. The van der Waals surface area contributed by atoms with Gasteiger partial charge in [-0.25, -0.2) is 8.42 Å². The Labute approximate surface area is 183 Å². The Hall–Kier alpha value is -2.38. The summed E-state index contributed by atoms with van der Waals surface area (Å²) < 4.78 is 33.0. The molecule has 2 aromatic rings. The van der Waals surface area contributed by atoms with E-state index < -0.39 is 21.4 Å². The third-order valence-electron chi connectivity index (χ3n) is 7.30. The Morgan fingerprint density at radius 3 is 2.29 bits per heavy atom. The van der Waals surface area contributed by atoms with Crippen LogP contribution in [0.2, 0.25) is 0 Å². The third-order valence-corrected chi connectivity index (χ3v) is 9.21. The van der Waals surface area contributed by atoms with Crippen LogP contribution < -0.4 is 4.74 Å². The van der Waals surface area contributed by atoms with Crippen LogP contribution in [-0.2, 0) is 20.2 Å². The maximum atomic E-state index is 13.2. The first-order valence-electron chi connectivity index (χ1n) is 10.6. The van der Waals surface area contributed by atoms with Crippen molar-refractivity contribution in [2.75, 3.05) is 20.2 Å². The second kappa shape index (κ2) is 7.64. The highest BCUT2D eigenvalue weighted by Gasteiger charge is 2.52. The molecule has 1 atom stereocenters. The molecule has 6 nitrogen and oxygen atoms in total. The average molecular weight is 444 g/mol. The van der Waals surface area contributed by atoms with Gasteiger partial charge in [0, 0.05) is 19.0 Å². The first-order chi connectivity index (χ1) is 14.6. The standard InChI is InChI=1S/C24H29NO5S/c1-23(2,22(26)27)21-16-24(20-7-5-4-6-19(20)21)12-14-25(15-13-24)31(28,29)18-10-8-17(30-3)9-11-18/h4-11,21H,12-16H2,1-3H3,(H,26,27). The molecule has 1 spiro atoms. The summed E-state index contributed by atoms with van der Waals surface area (Å²) in [6.45, 7) is 4.42. The van der Waals surface area contributed by atoms with E-state index in [4.69, 9.17) is 4.74 Å². The molecule has 0 aromatic heterocycles. The molecule has 31 heavy (non-hydrogen) atoms. The Kier molecular flexibility index (Phi) is 5.38. The van der Waals surface area contributed by atoms with E-state index in [2.05, 4.69) is 6.07 Å². The molecule has 1 aliphatic heterocycles. The number of carbonyl (C=O) groups is 1. The molecule has 0 bridgehead atoms. The van der Waals surface area contributed by atoms with Gasteiger partial charge in [-0.15, -0.1) is 0 Å². The third kappa shape index (κ3) is 3.53. The van der Waals surface area contributed by atoms with Crippen LogP contribution in [0.3, 0.4) is 0 Å². The van der Waals surface area contributed by atoms with Crippen LogP contribution >= 0.6 is 0 Å². The molecule has 1 heterocycles. The molecule has 4 rings (SSSR count). The Morgan fingerprint density at radius 1 is 1.10 bits per heavy atom. The normalized spacial score (nSPS) is 21.1. The fraction of sp³-hybridized carbons (Fsp3) is 0.458. The van der Waals surface area contributed by atoms with E-state index in [1.54, 1.807) is 49.5 Å². The lowest BCUT2D eigenvalue weighted by atomic mass is 9.70. The van der Waals surface area contributed by atoms with Crippen LogP contribution in [0.1, 0.15) is 50.2 Å². The van der Waals surface area contributed by atoms with Crippen molar-refractivity contribution in [1.82, 2.24) is 4.31 Å². The van der Waals surface area contributed by atoms with Crippen molar-refractivity contribution in [1.29, 1.82) is 0 Å². The highest BCUT2D eigenvalue weighted by Crippen LogP contribution is 2.57. The number of carboxylic acids is 1. The number of fused-ring (bicyclic) bond motifs is 2. The van der Waals surface area contributed by atoms with Gasteiger partial charge in [-0.3, -0.25) is 4.79 Å². The van der Waals surface area contributed by atoms with Gasteiger partial charge >= 0.3 is 5.97 Å². The molecule has 2 aromatic carbocycles. The summed E-state index contributed by atoms with van der Waals surface area (Å²) >= 11 is 0. The summed E-state index contributed by atoms with van der Waals surface area (Å²) in [4.78, 5) is 12.2. The van der Waals surface area contributed by atoms with Gasteiger partial charge in [0.15, 0.2) is 0 Å². The van der Waals surface area contributed by atoms with Crippen LogP contribution in [0.15, 0.2) is 53.4 Å². The maximum absolute atomic E-state index is 13.2. The number of hydrogen-bond acceptors (Lipinski definition) is 4. The SMILES string of the molecule is COc1ccc(S(=O)(=O)N2CCC3(CC2)CC(C(C)(C)C(=O)O)c2ccccc23)cc1. The van der Waals surface area contributed by atoms with Crippen molar-refractivity contribution in [2.24, 2.45) is 5.41 Å². The number of rotatable bonds is 5. The second-order valence-corrected chi connectivity index (χ2v) is 11.2. The van der Waals surface area contributed by atoms with Gasteiger partial charge < -0.3 is 9.84 Å². The van der Waals surface area contributed by atoms with Gasteiger partial charge in [0.05, 0.1) is 17.4 Å². The number of aliphatic carboxylic acids is 1. The van der Waals surface area contributed by atoms with Gasteiger partial charge in [-0.2, -0.15) is 4.31 Å². The van der Waals surface area contributed by atoms with Crippen LogP contribution in [0, 0.1) is 5.41 Å². The Balaban J connectivity index is 1.59. The summed E-state index contributed by atoms with van der Waals surface area (Å²) in [5.74, 6) is -0.277. The van der Waals surface area contributed by atoms with Crippen LogP contribution in [0.25, 0.3) is 0 Å². The first-order valence-corrected chi connectivity index (χ1v) is 12.0. The van der Waals surface area contributed by atoms with Gasteiger partial charge in [0.2, 0.25) is 10.0 Å². The minimum Gasteiger partial charge on any atom is -0.497 e. The number of nitrogens with zero attached hydrogens (tertiary/aromatic N) is 1. The molecular formula is C24H29NO5S. The minimum absolute atomic E-state index is 0.0917. The molecule has 2 aliphatic rings. The zero-order valence-electron chi connectivity index (χ0n) is 18.2. The number of piperidine rings is 1. The second-order valence-electron chi connectivity index (χ2n) is 9.23. The Bertz CT molecular complexity index is 1080. The average Bonchev–Trinajstić information content (AvgIpc) is 3.09. The molecule has 7 heteroatoms. The number of ether oxygens (including phenoxy) is 1. The van der Waals surface area contributed by atoms with Gasteiger partial charge in [-0.1, -0.05) is 24.3 Å². The predicted molar refractivity (Wildman–Crippen MR) is 118 cm³/mol. The molecule has 166 valence electrons. The van der Waals surface area contributed by atoms with Crippen molar-refractivity contribution >= 4 is 16.0 Å². The highest BCUT2D eigenvalue weighted by atomic mass is 32.2. The van der Waals surface area contributed by atoms with E-state index in [1.165, 1.54) is 5.56 Å². The lowest BCUT2D eigenvalue weighted by Gasteiger charge is -2.40. The van der Waals surface area contributed by atoms with Crippen molar-refractivity contribution in [3.05, 3.63) is 59.7 Å². The van der Waals surface area contributed by atoms with Crippen LogP contribution in [-0.4, -0.2) is 44.0 Å². The fourth-order valence-corrected chi connectivity index (χ4v) is 6.65. The number of hydrogen-bond donors (Lipinski definition) is 1. The van der Waals surface area contributed by atoms with E-state index in [0.717, 1.165) is 12.0 Å². The number of benzene rings is 2. The smallest absolute Gasteiger partial charge is 0.309 e. The van der Waals surface area contributed by atoms with Crippen molar-refractivity contribution in [3.63, 3.8) is 0 Å². The molecular weight excluding hydrogens is 414 g/mol. The van der Waals surface area contributed by atoms with Gasteiger partial charge in [0.25, 0.3) is 0 Å². The van der Waals surface area contributed by atoms with E-state index in [-0.39, 0.29) is 16.2 Å². The van der Waals surface area contributed by atoms with E-state index in [1.807, 2.05) is 18.2 Å². The molecule has 1 N–H and O–H groups in total. The molecule has 1 unspecified atom stereocenters. The number of sulfonamides is 1. The summed E-state index contributed by atoms with van der Waals surface area (Å²) in [7, 11) is -2.03. The van der Waals surface area contributed by atoms with Crippen molar-refractivity contribution in [2.45, 2.75) is 49.3 Å². The molecule has 1 saturated heterocycles. The highest BCUT2D eigenvalue weighted by molar-refractivity contribution is 7.89. The van der Waals surface area contributed by atoms with E-state index in [0.29, 0.717) is 31.7 Å². The van der Waals surface area contributed by atoms with Crippen LogP contribution in [0.4, 0.5) is 0 Å². The topological polar surface area (TPSA) is 83.9 Å². The molecule has 1 fully saturated rings. The quantitative estimate of drug-likeness (QED) is 0.755.